The summed E-state index contributed by atoms with van der Waals surface area (Å²) < 4.78 is 7.00. The number of nitrogen functional groups attached to an aromatic ring is 1. The standard InChI is InChI=1S/C18H26N8O2/c1-4-5-6-28-17-24-15(19)14-16(25-17)26(18(27)23-14)10-13-9-21-12(8-22-13)7-20-11(2)3/h8-9,11,20H,4-7,10H2,1-3H3,(H,23,27)(H2,19,24,25). The lowest BCUT2D eigenvalue weighted by molar-refractivity contribution is 0.286. The molecule has 0 saturated carbocycles. The van der Waals surface area contributed by atoms with Crippen LogP contribution in [0, 0.1) is 0 Å². The predicted molar refractivity (Wildman–Crippen MR) is 106 cm³/mol. The first-order valence-electron chi connectivity index (χ1n) is 9.40. The van der Waals surface area contributed by atoms with E-state index in [9.17, 15) is 4.79 Å². The first kappa shape index (κ1) is 19.7. The smallest absolute Gasteiger partial charge is 0.328 e. The van der Waals surface area contributed by atoms with Crippen LogP contribution in [-0.4, -0.2) is 42.1 Å². The van der Waals surface area contributed by atoms with E-state index >= 15 is 0 Å². The van der Waals surface area contributed by atoms with Crippen LogP contribution >= 0.6 is 0 Å². The molecule has 0 unspecified atom stereocenters. The monoisotopic (exact) mass is 386 g/mol. The lowest BCUT2D eigenvalue weighted by atomic mass is 10.3. The molecule has 0 aromatic carbocycles. The summed E-state index contributed by atoms with van der Waals surface area (Å²) in [6.45, 7) is 7.55. The minimum atomic E-state index is -0.339. The van der Waals surface area contributed by atoms with Gasteiger partial charge in [-0.1, -0.05) is 27.2 Å². The molecule has 3 aromatic heterocycles. The number of fused-ring (bicyclic) bond motifs is 1. The molecule has 0 radical (unpaired) electrons. The van der Waals surface area contributed by atoms with Gasteiger partial charge in [0.15, 0.2) is 11.5 Å². The Kier molecular flexibility index (Phi) is 6.19. The Hall–Kier alpha value is -3.01. The number of hydrogen-bond donors (Lipinski definition) is 3. The van der Waals surface area contributed by atoms with Crippen LogP contribution in [0.4, 0.5) is 5.82 Å². The molecule has 0 atom stereocenters. The third-order valence-corrected chi connectivity index (χ3v) is 4.13. The van der Waals surface area contributed by atoms with Gasteiger partial charge in [0.2, 0.25) is 0 Å². The Morgan fingerprint density at radius 1 is 1.25 bits per heavy atom. The first-order chi connectivity index (χ1) is 13.5. The van der Waals surface area contributed by atoms with E-state index in [1.165, 1.54) is 4.57 Å². The first-order valence-corrected chi connectivity index (χ1v) is 9.40. The van der Waals surface area contributed by atoms with Crippen molar-refractivity contribution in [1.29, 1.82) is 0 Å². The maximum atomic E-state index is 12.4. The fourth-order valence-electron chi connectivity index (χ4n) is 2.58. The number of imidazole rings is 1. The van der Waals surface area contributed by atoms with Crippen molar-refractivity contribution in [2.45, 2.75) is 52.7 Å². The fourth-order valence-corrected chi connectivity index (χ4v) is 2.58. The van der Waals surface area contributed by atoms with Crippen LogP contribution in [0.1, 0.15) is 45.0 Å². The van der Waals surface area contributed by atoms with Gasteiger partial charge in [-0.2, -0.15) is 9.97 Å². The van der Waals surface area contributed by atoms with Gasteiger partial charge in [-0.15, -0.1) is 0 Å². The molecule has 0 saturated heterocycles. The third kappa shape index (κ3) is 4.63. The van der Waals surface area contributed by atoms with Gasteiger partial charge in [0, 0.05) is 12.6 Å². The van der Waals surface area contributed by atoms with Crippen molar-refractivity contribution in [2.24, 2.45) is 0 Å². The van der Waals surface area contributed by atoms with Gasteiger partial charge in [0.25, 0.3) is 0 Å². The van der Waals surface area contributed by atoms with E-state index in [0.29, 0.717) is 36.1 Å². The molecule has 0 spiro atoms. The minimum absolute atomic E-state index is 0.160. The SMILES string of the molecule is CCCCOc1nc(N)c2[nH]c(=O)n(Cc3cnc(CNC(C)C)cn3)c2n1. The molecule has 0 aliphatic heterocycles. The van der Waals surface area contributed by atoms with Crippen molar-refractivity contribution in [1.82, 2.24) is 34.8 Å². The molecule has 0 fully saturated rings. The molecule has 10 nitrogen and oxygen atoms in total. The van der Waals surface area contributed by atoms with E-state index in [1.807, 2.05) is 0 Å². The largest absolute Gasteiger partial charge is 0.463 e. The van der Waals surface area contributed by atoms with E-state index in [0.717, 1.165) is 18.5 Å². The van der Waals surface area contributed by atoms with Crippen LogP contribution in [0.25, 0.3) is 11.2 Å². The van der Waals surface area contributed by atoms with Crippen molar-refractivity contribution in [3.05, 3.63) is 34.3 Å². The van der Waals surface area contributed by atoms with E-state index in [1.54, 1.807) is 12.4 Å². The van der Waals surface area contributed by atoms with Gasteiger partial charge in [-0.05, 0) is 6.42 Å². The Balaban J connectivity index is 1.83. The number of nitrogens with one attached hydrogen (secondary N) is 2. The van der Waals surface area contributed by atoms with Gasteiger partial charge < -0.3 is 20.8 Å². The molecular formula is C18H26N8O2. The predicted octanol–water partition coefficient (Wildman–Crippen LogP) is 1.22. The molecule has 0 bridgehead atoms. The normalized spacial score (nSPS) is 11.4. The summed E-state index contributed by atoms with van der Waals surface area (Å²) in [5.41, 5.74) is 7.87. The van der Waals surface area contributed by atoms with Crippen LogP contribution in [0.5, 0.6) is 6.01 Å². The highest BCUT2D eigenvalue weighted by Gasteiger charge is 2.15. The number of H-pyrrole nitrogens is 1. The molecule has 3 aromatic rings. The summed E-state index contributed by atoms with van der Waals surface area (Å²) in [5, 5.41) is 3.29. The number of aromatic nitrogens is 6. The van der Waals surface area contributed by atoms with Crippen LogP contribution in [-0.2, 0) is 13.1 Å². The second kappa shape index (κ2) is 8.79. The number of nitrogens with two attached hydrogens (primary N) is 1. The molecule has 10 heteroatoms. The topological polar surface area (TPSA) is 137 Å². The molecule has 3 heterocycles. The summed E-state index contributed by atoms with van der Waals surface area (Å²) >= 11 is 0. The van der Waals surface area contributed by atoms with Gasteiger partial charge >= 0.3 is 11.7 Å². The van der Waals surface area contributed by atoms with E-state index in [-0.39, 0.29) is 24.1 Å². The minimum Gasteiger partial charge on any atom is -0.463 e. The zero-order valence-corrected chi connectivity index (χ0v) is 16.4. The van der Waals surface area contributed by atoms with Gasteiger partial charge in [-0.3, -0.25) is 14.5 Å². The maximum absolute atomic E-state index is 12.4. The molecular weight excluding hydrogens is 360 g/mol. The highest BCUT2D eigenvalue weighted by molar-refractivity contribution is 5.81. The number of unbranched alkanes of at least 4 members (excludes halogenated alkanes) is 1. The summed E-state index contributed by atoms with van der Waals surface area (Å²) in [7, 11) is 0. The van der Waals surface area contributed by atoms with Crippen LogP contribution in [0.15, 0.2) is 17.2 Å². The number of ether oxygens (including phenoxy) is 1. The van der Waals surface area contributed by atoms with Gasteiger partial charge in [-0.25, -0.2) is 4.79 Å². The Bertz CT molecular complexity index is 978. The highest BCUT2D eigenvalue weighted by Crippen LogP contribution is 2.18. The van der Waals surface area contributed by atoms with Gasteiger partial charge in [0.1, 0.15) is 5.52 Å². The summed E-state index contributed by atoms with van der Waals surface area (Å²) in [5.74, 6) is 0.175. The average molecular weight is 386 g/mol. The number of hydrogen-bond acceptors (Lipinski definition) is 8. The zero-order valence-electron chi connectivity index (χ0n) is 16.4. The molecule has 4 N–H and O–H groups in total. The summed E-state index contributed by atoms with van der Waals surface area (Å²) in [4.78, 5) is 32.3. The average Bonchev–Trinajstić information content (AvgIpc) is 2.98. The second-order valence-electron chi connectivity index (χ2n) is 6.84. The van der Waals surface area contributed by atoms with Crippen molar-refractivity contribution >= 4 is 17.0 Å². The Labute approximate surface area is 162 Å². The van der Waals surface area contributed by atoms with Crippen molar-refractivity contribution < 1.29 is 4.74 Å². The molecule has 0 amide bonds. The van der Waals surface area contributed by atoms with Crippen molar-refractivity contribution in [3.63, 3.8) is 0 Å². The summed E-state index contributed by atoms with van der Waals surface area (Å²) in [6, 6.07) is 0.526. The molecule has 0 aliphatic rings. The Morgan fingerprint density at radius 2 is 2.00 bits per heavy atom. The van der Waals surface area contributed by atoms with Gasteiger partial charge in [0.05, 0.1) is 36.9 Å². The third-order valence-electron chi connectivity index (χ3n) is 4.13. The van der Waals surface area contributed by atoms with Crippen LogP contribution < -0.4 is 21.5 Å². The molecule has 3 rings (SSSR count). The van der Waals surface area contributed by atoms with Crippen LogP contribution in [0.3, 0.4) is 0 Å². The number of aromatic amines is 1. The molecule has 150 valence electrons. The van der Waals surface area contributed by atoms with Crippen LogP contribution in [0.2, 0.25) is 0 Å². The maximum Gasteiger partial charge on any atom is 0.328 e. The lowest BCUT2D eigenvalue weighted by Crippen LogP contribution is -2.23. The molecule has 0 aliphatic carbocycles. The quantitative estimate of drug-likeness (QED) is 0.467. The fraction of sp³-hybridized carbons (Fsp3) is 0.500. The number of anilines is 1. The second-order valence-corrected chi connectivity index (χ2v) is 6.84. The summed E-state index contributed by atoms with van der Waals surface area (Å²) in [6.07, 6.45) is 5.24. The Morgan fingerprint density at radius 3 is 2.68 bits per heavy atom. The van der Waals surface area contributed by atoms with E-state index < -0.39 is 0 Å². The molecule has 28 heavy (non-hydrogen) atoms. The number of nitrogens with zero attached hydrogens (tertiary/aromatic N) is 5. The zero-order chi connectivity index (χ0) is 20.1. The number of rotatable bonds is 9. The highest BCUT2D eigenvalue weighted by atomic mass is 16.5. The van der Waals surface area contributed by atoms with E-state index in [2.05, 4.69) is 51.0 Å². The van der Waals surface area contributed by atoms with Crippen molar-refractivity contribution in [3.8, 4) is 6.01 Å². The van der Waals surface area contributed by atoms with Crippen molar-refractivity contribution in [2.75, 3.05) is 12.3 Å². The lowest BCUT2D eigenvalue weighted by Gasteiger charge is -2.08. The van der Waals surface area contributed by atoms with E-state index in [4.69, 9.17) is 10.5 Å².